The molecule has 0 unspecified atom stereocenters. The van der Waals surface area contributed by atoms with E-state index < -0.39 is 10.0 Å². The van der Waals surface area contributed by atoms with Gasteiger partial charge < -0.3 is 4.74 Å². The largest absolute Gasteiger partial charge is 0.493 e. The van der Waals surface area contributed by atoms with Crippen molar-refractivity contribution in [3.05, 3.63) is 73.3 Å². The Morgan fingerprint density at radius 3 is 2.66 bits per heavy atom. The quantitative estimate of drug-likeness (QED) is 0.522. The number of hydrogen-bond donors (Lipinski definition) is 1. The lowest BCUT2D eigenvalue weighted by Gasteiger charge is -2.12. The van der Waals surface area contributed by atoms with Gasteiger partial charge in [-0.25, -0.2) is 18.4 Å². The van der Waals surface area contributed by atoms with Gasteiger partial charge in [0.15, 0.2) is 0 Å². The van der Waals surface area contributed by atoms with E-state index >= 15 is 0 Å². The van der Waals surface area contributed by atoms with Gasteiger partial charge in [-0.05, 0) is 48.7 Å². The molecule has 0 aliphatic heterocycles. The van der Waals surface area contributed by atoms with Crippen LogP contribution in [0.25, 0.3) is 22.0 Å². The van der Waals surface area contributed by atoms with Gasteiger partial charge >= 0.3 is 0 Å². The molecule has 0 aliphatic carbocycles. The zero-order valence-corrected chi connectivity index (χ0v) is 16.4. The lowest BCUT2D eigenvalue weighted by Crippen LogP contribution is -2.13. The van der Waals surface area contributed by atoms with Crippen LogP contribution in [0, 0.1) is 0 Å². The summed E-state index contributed by atoms with van der Waals surface area (Å²) in [4.78, 5) is 12.3. The van der Waals surface area contributed by atoms with Crippen LogP contribution in [-0.4, -0.2) is 30.0 Å². The first kappa shape index (κ1) is 18.8. The van der Waals surface area contributed by atoms with Gasteiger partial charge in [-0.2, -0.15) is 0 Å². The molecule has 0 atom stereocenters. The molecule has 2 aromatic heterocycles. The van der Waals surface area contributed by atoms with Crippen molar-refractivity contribution in [3.63, 3.8) is 0 Å². The van der Waals surface area contributed by atoms with Crippen molar-refractivity contribution >= 4 is 26.6 Å². The second-order valence-corrected chi connectivity index (χ2v) is 7.85. The second-order valence-electron chi connectivity index (χ2n) is 6.17. The van der Waals surface area contributed by atoms with E-state index in [0.29, 0.717) is 6.61 Å². The Bertz CT molecular complexity index is 1260. The number of para-hydroxylation sites is 1. The predicted molar refractivity (Wildman–Crippen MR) is 111 cm³/mol. The Labute approximate surface area is 168 Å². The molecule has 0 bridgehead atoms. The molecule has 0 saturated heterocycles. The van der Waals surface area contributed by atoms with Crippen molar-refractivity contribution in [3.8, 4) is 17.0 Å². The van der Waals surface area contributed by atoms with E-state index in [-0.39, 0.29) is 10.7 Å². The number of nitrogens with zero attached hydrogens (tertiary/aromatic N) is 3. The highest BCUT2D eigenvalue weighted by atomic mass is 32.2. The van der Waals surface area contributed by atoms with E-state index in [1.54, 1.807) is 30.5 Å². The van der Waals surface area contributed by atoms with Crippen LogP contribution in [0.15, 0.2) is 78.2 Å². The number of hydrogen-bond acceptors (Lipinski definition) is 6. The average molecular weight is 406 g/mol. The number of pyridine rings is 1. The average Bonchev–Trinajstić information content (AvgIpc) is 2.74. The van der Waals surface area contributed by atoms with E-state index in [4.69, 9.17) is 4.74 Å². The molecule has 29 heavy (non-hydrogen) atoms. The Kier molecular flexibility index (Phi) is 5.09. The van der Waals surface area contributed by atoms with E-state index in [1.165, 1.54) is 18.6 Å². The standard InChI is InChI=1S/C21H18N4O3S/c1-2-28-19-6-4-3-5-18(19)21-17-8-7-16(13-15(17)9-12-23-21)29(26,27)25-20-10-11-22-14-24-20/h3-14H,2H2,1H3,(H,22,24,25). The third-order valence-corrected chi connectivity index (χ3v) is 5.66. The number of rotatable bonds is 6. The number of fused-ring (bicyclic) bond motifs is 1. The van der Waals surface area contributed by atoms with Crippen molar-refractivity contribution in [2.45, 2.75) is 11.8 Å². The van der Waals surface area contributed by atoms with Crippen molar-refractivity contribution in [2.75, 3.05) is 11.3 Å². The van der Waals surface area contributed by atoms with Gasteiger partial charge in [-0.1, -0.05) is 18.2 Å². The zero-order valence-electron chi connectivity index (χ0n) is 15.6. The van der Waals surface area contributed by atoms with Crippen molar-refractivity contribution in [1.29, 1.82) is 0 Å². The van der Waals surface area contributed by atoms with Crippen LogP contribution in [0.3, 0.4) is 0 Å². The molecule has 0 spiro atoms. The third-order valence-electron chi connectivity index (χ3n) is 4.31. The topological polar surface area (TPSA) is 94.1 Å². The highest BCUT2D eigenvalue weighted by molar-refractivity contribution is 7.92. The van der Waals surface area contributed by atoms with Crippen molar-refractivity contribution in [1.82, 2.24) is 15.0 Å². The van der Waals surface area contributed by atoms with Gasteiger partial charge in [0.1, 0.15) is 17.9 Å². The fourth-order valence-electron chi connectivity index (χ4n) is 3.03. The Morgan fingerprint density at radius 2 is 1.86 bits per heavy atom. The smallest absolute Gasteiger partial charge is 0.263 e. The number of ether oxygens (including phenoxy) is 1. The molecule has 0 radical (unpaired) electrons. The highest BCUT2D eigenvalue weighted by Crippen LogP contribution is 2.34. The summed E-state index contributed by atoms with van der Waals surface area (Å²) >= 11 is 0. The zero-order chi connectivity index (χ0) is 20.3. The SMILES string of the molecule is CCOc1ccccc1-c1nccc2cc(S(=O)(=O)Nc3ccncn3)ccc12. The summed E-state index contributed by atoms with van der Waals surface area (Å²) in [6.45, 7) is 2.47. The molecule has 4 rings (SSSR count). The van der Waals surface area contributed by atoms with E-state index in [2.05, 4.69) is 19.7 Å². The summed E-state index contributed by atoms with van der Waals surface area (Å²) in [5.41, 5.74) is 1.59. The maximum absolute atomic E-state index is 12.7. The number of aromatic nitrogens is 3. The lowest BCUT2D eigenvalue weighted by molar-refractivity contribution is 0.341. The van der Waals surface area contributed by atoms with Gasteiger partial charge in [-0.15, -0.1) is 0 Å². The Balaban J connectivity index is 1.77. The van der Waals surface area contributed by atoms with Crippen molar-refractivity contribution < 1.29 is 13.2 Å². The molecule has 0 aliphatic rings. The minimum atomic E-state index is -3.78. The van der Waals surface area contributed by atoms with Crippen LogP contribution >= 0.6 is 0 Å². The molecule has 0 fully saturated rings. The minimum absolute atomic E-state index is 0.138. The fourth-order valence-corrected chi connectivity index (χ4v) is 4.07. The Morgan fingerprint density at radius 1 is 1.00 bits per heavy atom. The van der Waals surface area contributed by atoms with Gasteiger partial charge in [-0.3, -0.25) is 9.71 Å². The summed E-state index contributed by atoms with van der Waals surface area (Å²) in [5.74, 6) is 0.943. The van der Waals surface area contributed by atoms with Crippen molar-refractivity contribution in [2.24, 2.45) is 0 Å². The monoisotopic (exact) mass is 406 g/mol. The first-order chi connectivity index (χ1) is 14.1. The van der Waals surface area contributed by atoms with Gasteiger partial charge in [0.25, 0.3) is 10.0 Å². The summed E-state index contributed by atoms with van der Waals surface area (Å²) in [6.07, 6.45) is 4.42. The van der Waals surface area contributed by atoms with Crippen LogP contribution in [0.1, 0.15) is 6.92 Å². The second kappa shape index (κ2) is 7.84. The molecule has 8 heteroatoms. The van der Waals surface area contributed by atoms with Crippen LogP contribution in [0.2, 0.25) is 0 Å². The number of anilines is 1. The molecule has 4 aromatic rings. The van der Waals surface area contributed by atoms with E-state index in [1.807, 2.05) is 31.2 Å². The number of sulfonamides is 1. The van der Waals surface area contributed by atoms with Crippen LogP contribution in [0.5, 0.6) is 5.75 Å². The fraction of sp³-hybridized carbons (Fsp3) is 0.0952. The van der Waals surface area contributed by atoms with E-state index in [0.717, 1.165) is 27.8 Å². The lowest BCUT2D eigenvalue weighted by atomic mass is 10.0. The van der Waals surface area contributed by atoms with E-state index in [9.17, 15) is 8.42 Å². The molecule has 0 saturated carbocycles. The molecule has 0 amide bonds. The summed E-state index contributed by atoms with van der Waals surface area (Å²) in [6, 6.07) is 15.9. The van der Waals surface area contributed by atoms with Gasteiger partial charge in [0.2, 0.25) is 0 Å². The first-order valence-corrected chi connectivity index (χ1v) is 10.5. The predicted octanol–water partition coefficient (Wildman–Crippen LogP) is 3.89. The van der Waals surface area contributed by atoms with Crippen LogP contribution in [0.4, 0.5) is 5.82 Å². The number of benzene rings is 2. The minimum Gasteiger partial charge on any atom is -0.493 e. The highest BCUT2D eigenvalue weighted by Gasteiger charge is 2.17. The maximum Gasteiger partial charge on any atom is 0.263 e. The van der Waals surface area contributed by atoms with Gasteiger partial charge in [0.05, 0.1) is 17.2 Å². The van der Waals surface area contributed by atoms with Crippen LogP contribution in [-0.2, 0) is 10.0 Å². The summed E-state index contributed by atoms with van der Waals surface area (Å²) < 4.78 is 33.6. The Hall–Kier alpha value is -3.52. The molecule has 146 valence electrons. The third kappa shape index (κ3) is 3.88. The summed E-state index contributed by atoms with van der Waals surface area (Å²) in [5, 5.41) is 1.59. The molecule has 1 N–H and O–H groups in total. The van der Waals surface area contributed by atoms with Gasteiger partial charge in [0, 0.05) is 23.3 Å². The normalized spacial score (nSPS) is 11.3. The molecule has 2 aromatic carbocycles. The summed E-state index contributed by atoms with van der Waals surface area (Å²) in [7, 11) is -3.78. The molecule has 7 nitrogen and oxygen atoms in total. The first-order valence-electron chi connectivity index (χ1n) is 8.98. The van der Waals surface area contributed by atoms with Crippen LogP contribution < -0.4 is 9.46 Å². The molecular formula is C21H18N4O3S. The molecule has 2 heterocycles. The number of nitrogens with one attached hydrogen (secondary N) is 1. The molecular weight excluding hydrogens is 388 g/mol. The maximum atomic E-state index is 12.7.